The molecule has 29 heteroatoms. The number of allylic oxidation sites excluding steroid dienone is 2. The molecule has 0 aromatic carbocycles. The standard InChI is InChI=1S/C57H92O27S.Na/c1-21(2)17-27(58)20-57(10,70)34-12-11-30-29-19-33(32-18-28(84-85(71,72)73)13-15-55(32,8)31(29)14-16-56(30,34)9)79-52-45(69)47(38(62)25(6)76-52)81-54-49(83-51-43(67)40(64)36(60)23(4)75-51)44(68)46(26(7)78-54)80-53-48(41(65)37(61)24(5)77-53)82-50-42(66)39(63)35(59)22(3)74-50;/h14,21-26,28-30,32-37,39-54,59-61,63-70H,11-13,15-20H2,1-10H3,(H,71,72,73);/q;+1/p-1/t22-,23-,24-,25-,26-,28+,29+,30+,32-,33+,34+,35+,36-,37+,39+,40+,41+,42-,43-,44+,45-,46-,47+,48-,49-,50+,51+,52+,53+,54+,55-,56+,57-;/m1./s1. The van der Waals surface area contributed by atoms with Crippen molar-refractivity contribution < 1.29 is 160 Å². The minimum Gasteiger partial charge on any atom is -0.726 e. The van der Waals surface area contributed by atoms with Crippen LogP contribution in [-0.2, 0) is 71.5 Å². The van der Waals surface area contributed by atoms with Crippen molar-refractivity contribution in [3.8, 4) is 0 Å². The molecule has 5 saturated heterocycles. The number of hydrogen-bond donors (Lipinski definition) is 11. The molecule has 11 N–H and O–H groups in total. The van der Waals surface area contributed by atoms with Crippen molar-refractivity contribution in [1.82, 2.24) is 0 Å². The van der Waals surface area contributed by atoms with Crippen LogP contribution in [0.1, 0.15) is 127 Å². The van der Waals surface area contributed by atoms with Gasteiger partial charge in [0.05, 0.1) is 42.2 Å². The third-order valence-electron chi connectivity index (χ3n) is 20.4. The molecule has 0 bridgehead atoms. The van der Waals surface area contributed by atoms with Crippen LogP contribution in [0.3, 0.4) is 0 Å². The Morgan fingerprint density at radius 3 is 1.73 bits per heavy atom. The van der Waals surface area contributed by atoms with Crippen LogP contribution >= 0.6 is 0 Å². The van der Waals surface area contributed by atoms with Gasteiger partial charge in [-0.05, 0) is 127 Å². The predicted molar refractivity (Wildman–Crippen MR) is 286 cm³/mol. The summed E-state index contributed by atoms with van der Waals surface area (Å²) in [5.74, 6) is -1.71. The van der Waals surface area contributed by atoms with E-state index in [1.54, 1.807) is 6.92 Å². The number of carbonyl (C=O) groups excluding carboxylic acids is 2. The fourth-order valence-corrected chi connectivity index (χ4v) is 16.4. The smallest absolute Gasteiger partial charge is 0.726 e. The van der Waals surface area contributed by atoms with E-state index in [2.05, 4.69) is 19.9 Å². The number of Topliss-reactive ketones (excluding diaryl/α,β-unsaturated/α-hetero) is 2. The van der Waals surface area contributed by atoms with Crippen LogP contribution in [-0.4, -0.2) is 246 Å². The summed E-state index contributed by atoms with van der Waals surface area (Å²) >= 11 is 0. The van der Waals surface area contributed by atoms with E-state index in [-0.39, 0.29) is 78.3 Å². The Kier molecular flexibility index (Phi) is 22.5. The van der Waals surface area contributed by atoms with Crippen molar-refractivity contribution in [2.24, 2.45) is 40.4 Å². The number of fused-ring (bicyclic) bond motifs is 5. The van der Waals surface area contributed by atoms with Crippen LogP contribution in [0.4, 0.5) is 0 Å². The molecule has 0 unspecified atom stereocenters. The molecule has 3 saturated carbocycles. The number of rotatable bonds is 17. The maximum Gasteiger partial charge on any atom is 1.00 e. The molecule has 9 rings (SSSR count). The molecule has 27 nitrogen and oxygen atoms in total. The molecule has 0 aromatic rings. The second-order valence-corrected chi connectivity index (χ2v) is 27.9. The molecule has 0 aromatic heterocycles. The second kappa shape index (κ2) is 27.2. The fourth-order valence-electron chi connectivity index (χ4n) is 15.9. The van der Waals surface area contributed by atoms with Gasteiger partial charge in [0.2, 0.25) is 10.4 Å². The van der Waals surface area contributed by atoms with E-state index in [9.17, 15) is 78.7 Å². The number of aliphatic hydroxyl groups excluding tert-OH is 10. The number of aliphatic hydroxyl groups is 11. The Bertz CT molecular complexity index is 2490. The third-order valence-corrected chi connectivity index (χ3v) is 20.9. The van der Waals surface area contributed by atoms with Gasteiger partial charge in [0.15, 0.2) is 43.3 Å². The van der Waals surface area contributed by atoms with Crippen LogP contribution in [0.15, 0.2) is 11.6 Å². The minimum absolute atomic E-state index is 0. The van der Waals surface area contributed by atoms with E-state index < -0.39 is 198 Å². The van der Waals surface area contributed by atoms with Gasteiger partial charge in [-0.15, -0.1) is 0 Å². The Balaban J connectivity index is 0.00000961. The summed E-state index contributed by atoms with van der Waals surface area (Å²) in [7, 11) is -5.14. The van der Waals surface area contributed by atoms with Crippen molar-refractivity contribution in [2.75, 3.05) is 0 Å². The molecule has 0 spiro atoms. The molecule has 5 heterocycles. The topological polar surface area (TPSA) is 415 Å². The van der Waals surface area contributed by atoms with Crippen LogP contribution in [0, 0.1) is 40.4 Å². The van der Waals surface area contributed by atoms with E-state index in [1.807, 2.05) is 13.8 Å². The Hall–Kier alpha value is -0.890. The zero-order valence-corrected chi connectivity index (χ0v) is 53.5. The van der Waals surface area contributed by atoms with Crippen molar-refractivity contribution in [2.45, 2.75) is 292 Å². The number of hydrogen-bond acceptors (Lipinski definition) is 27. The zero-order valence-electron chi connectivity index (χ0n) is 50.7. The summed E-state index contributed by atoms with van der Waals surface area (Å²) in [6.45, 7) is 16.8. The molecule has 0 radical (unpaired) electrons. The van der Waals surface area contributed by atoms with Gasteiger partial charge in [-0.3, -0.25) is 13.8 Å². The van der Waals surface area contributed by atoms with Crippen molar-refractivity contribution in [1.29, 1.82) is 0 Å². The van der Waals surface area contributed by atoms with Gasteiger partial charge in [0.25, 0.3) is 0 Å². The largest absolute Gasteiger partial charge is 1.00 e. The second-order valence-electron chi connectivity index (χ2n) is 26.9. The molecule has 488 valence electrons. The summed E-state index contributed by atoms with van der Waals surface area (Å²) in [6, 6.07) is 0. The summed E-state index contributed by atoms with van der Waals surface area (Å²) in [6.07, 6.45) is -36.5. The minimum atomic E-state index is -5.14. The maximum atomic E-state index is 14.4. The van der Waals surface area contributed by atoms with Crippen LogP contribution in [0.25, 0.3) is 0 Å². The quantitative estimate of drug-likeness (QED) is 0.0284. The molecule has 5 aliphatic heterocycles. The third kappa shape index (κ3) is 14.0. The van der Waals surface area contributed by atoms with E-state index in [0.717, 1.165) is 5.57 Å². The molecule has 33 atom stereocenters. The van der Waals surface area contributed by atoms with Crippen molar-refractivity contribution >= 4 is 22.0 Å². The number of ketones is 2. The number of carbonyl (C=O) groups is 2. The van der Waals surface area contributed by atoms with Crippen molar-refractivity contribution in [3.05, 3.63) is 11.6 Å². The Morgan fingerprint density at radius 1 is 0.651 bits per heavy atom. The molecule has 0 amide bonds. The van der Waals surface area contributed by atoms with Crippen LogP contribution in [0.2, 0.25) is 0 Å². The molecule has 86 heavy (non-hydrogen) atoms. The summed E-state index contributed by atoms with van der Waals surface area (Å²) in [4.78, 5) is 27.6. The first-order chi connectivity index (χ1) is 39.6. The monoisotopic (exact) mass is 1260 g/mol. The van der Waals surface area contributed by atoms with E-state index in [4.69, 9.17) is 51.6 Å². The van der Waals surface area contributed by atoms with Crippen molar-refractivity contribution in [3.63, 3.8) is 0 Å². The first-order valence-electron chi connectivity index (χ1n) is 30.0. The molecule has 9 aliphatic rings. The number of ether oxygens (including phenoxy) is 10. The molecular formula is C57H91NaO27S. The van der Waals surface area contributed by atoms with Crippen LogP contribution in [0.5, 0.6) is 0 Å². The first-order valence-corrected chi connectivity index (χ1v) is 31.4. The average molecular weight is 1260 g/mol. The zero-order chi connectivity index (χ0) is 62.5. The normalized spacial score (nSPS) is 50.7. The molecule has 8 fully saturated rings. The summed E-state index contributed by atoms with van der Waals surface area (Å²) in [5.41, 5.74) is -1.33. The molecule has 4 aliphatic carbocycles. The average Bonchev–Trinajstić information content (AvgIpc) is 1.33. The van der Waals surface area contributed by atoms with Gasteiger partial charge in [-0.2, -0.15) is 0 Å². The Labute approximate surface area is 523 Å². The van der Waals surface area contributed by atoms with Crippen LogP contribution < -0.4 is 29.6 Å². The summed E-state index contributed by atoms with van der Waals surface area (Å²) < 4.78 is 103. The summed E-state index contributed by atoms with van der Waals surface area (Å²) in [5, 5.41) is 124. The van der Waals surface area contributed by atoms with E-state index >= 15 is 0 Å². The maximum absolute atomic E-state index is 14.4. The Morgan fingerprint density at radius 2 is 1.16 bits per heavy atom. The van der Waals surface area contributed by atoms with Gasteiger partial charge in [-0.25, -0.2) is 8.42 Å². The van der Waals surface area contributed by atoms with Gasteiger partial charge in [0.1, 0.15) is 91.2 Å². The van der Waals surface area contributed by atoms with E-state index in [1.165, 1.54) is 34.6 Å². The fraction of sp³-hybridized carbons (Fsp3) is 0.930. The van der Waals surface area contributed by atoms with E-state index in [0.29, 0.717) is 38.5 Å². The SMILES string of the molecule is CC(C)CC(=O)C[C@@](C)(O)[C@H]1CC[C@H]2[C@@H]3C[C@H](O[C@@H]4O[C@H](C)C(=O)[C@H](O[C@@H]5O[C@H](C)[C@@H](O[C@@H]6O[C@H](C)[C@H](O)[C@H](O)[C@H]6O[C@@H]6O[C@H](C)[C@H](O)[C@H](O)[C@H]6O)[C@H](O)[C@H]5O[C@@H]5O[C@H](C)[C@@H](O)[C@H](O)[C@H]5O)[C@H]4O)[C@H]4C[C@@H](OS(=O)(=O)[O-])CC[C@]4(C)C3=CC[C@@]21C.[Na+]. The van der Waals surface area contributed by atoms with Gasteiger partial charge >= 0.3 is 29.6 Å². The first kappa shape index (κ1) is 71.0. The molecular weight excluding hydrogens is 1170 g/mol. The van der Waals surface area contributed by atoms with Gasteiger partial charge < -0.3 is 108 Å². The van der Waals surface area contributed by atoms with Gasteiger partial charge in [0, 0.05) is 12.8 Å². The van der Waals surface area contributed by atoms with Gasteiger partial charge in [-0.1, -0.05) is 39.3 Å². The predicted octanol–water partition coefficient (Wildman–Crippen LogP) is -4.39.